The van der Waals surface area contributed by atoms with Crippen LogP contribution in [0.5, 0.6) is 5.75 Å². The summed E-state index contributed by atoms with van der Waals surface area (Å²) in [6, 6.07) is 15.8. The molecule has 10 rings (SSSR count). The highest BCUT2D eigenvalue weighted by Gasteiger charge is 2.39. The quantitative estimate of drug-likeness (QED) is 0.114. The first kappa shape index (κ1) is 37.8. The summed E-state index contributed by atoms with van der Waals surface area (Å²) in [5.74, 6) is 2.45. The van der Waals surface area contributed by atoms with Gasteiger partial charge in [0, 0.05) is 34.0 Å². The number of imidazole rings is 2. The molecule has 12 nitrogen and oxygen atoms in total. The molecule has 1 unspecified atom stereocenters. The molecule has 1 aliphatic carbocycles. The Morgan fingerprint density at radius 2 is 1.73 bits per heavy atom. The number of benzene rings is 2. The second-order valence-electron chi connectivity index (χ2n) is 17.1. The molecule has 4 aromatic heterocycles. The average Bonchev–Trinajstić information content (AvgIpc) is 3.90. The first-order valence-corrected chi connectivity index (χ1v) is 21.6. The fourth-order valence-electron chi connectivity index (χ4n) is 9.20. The maximum Gasteiger partial charge on any atom is 0.407 e. The van der Waals surface area contributed by atoms with Gasteiger partial charge in [-0.1, -0.05) is 26.8 Å². The molecule has 0 bridgehead atoms. The predicted molar refractivity (Wildman–Crippen MR) is 225 cm³/mol. The summed E-state index contributed by atoms with van der Waals surface area (Å²) in [5, 5.41) is 7.34. The lowest BCUT2D eigenvalue weighted by molar-refractivity contribution is -0.135. The van der Waals surface area contributed by atoms with Gasteiger partial charge in [-0.2, -0.15) is 0 Å². The van der Waals surface area contributed by atoms with Gasteiger partial charge in [-0.05, 0) is 99.2 Å². The van der Waals surface area contributed by atoms with Crippen molar-refractivity contribution in [3.8, 4) is 39.5 Å². The number of aromatic nitrogens is 5. The lowest BCUT2D eigenvalue weighted by Gasteiger charge is -2.30. The number of halogens is 1. The summed E-state index contributed by atoms with van der Waals surface area (Å²) >= 11 is 1.77. The number of methoxy groups -OCH3 is 1. The number of likely N-dealkylation sites (tertiary alicyclic amines) is 1. The Kier molecular flexibility index (Phi) is 9.39. The van der Waals surface area contributed by atoms with Crippen LogP contribution in [0.15, 0.2) is 60.9 Å². The van der Waals surface area contributed by atoms with Gasteiger partial charge in [0.15, 0.2) is 0 Å². The predicted octanol–water partition coefficient (Wildman–Crippen LogP) is 9.21. The van der Waals surface area contributed by atoms with Crippen molar-refractivity contribution in [2.75, 3.05) is 13.7 Å². The van der Waals surface area contributed by atoms with Crippen LogP contribution in [0.4, 0.5) is 9.18 Å². The number of H-pyrrole nitrogens is 2. The molecular formula is C45H49FN8O4S. The largest absolute Gasteiger partial charge is 0.464 e. The number of rotatable bonds is 9. The number of fused-ring (bicyclic) bond motifs is 5. The molecule has 6 aromatic rings. The van der Waals surface area contributed by atoms with Crippen LogP contribution < -0.4 is 15.4 Å². The van der Waals surface area contributed by atoms with Crippen LogP contribution in [0.2, 0.25) is 0 Å². The van der Waals surface area contributed by atoms with E-state index in [9.17, 15) is 9.59 Å². The number of ether oxygens (including phenoxy) is 2. The van der Waals surface area contributed by atoms with Gasteiger partial charge in [0.1, 0.15) is 29.3 Å². The average molecular weight is 817 g/mol. The van der Waals surface area contributed by atoms with Gasteiger partial charge >= 0.3 is 6.09 Å². The van der Waals surface area contributed by atoms with Gasteiger partial charge < -0.3 is 35.0 Å². The van der Waals surface area contributed by atoms with Crippen molar-refractivity contribution in [2.24, 2.45) is 11.8 Å². The van der Waals surface area contributed by atoms with E-state index in [1.165, 1.54) is 30.9 Å². The van der Waals surface area contributed by atoms with Crippen LogP contribution in [-0.2, 0) is 9.53 Å². The van der Waals surface area contributed by atoms with Gasteiger partial charge in [-0.15, -0.1) is 11.3 Å². The highest BCUT2D eigenvalue weighted by Crippen LogP contribution is 2.50. The van der Waals surface area contributed by atoms with Crippen LogP contribution in [0.1, 0.15) is 105 Å². The molecule has 3 fully saturated rings. The Morgan fingerprint density at radius 1 is 0.966 bits per heavy atom. The van der Waals surface area contributed by atoms with Crippen molar-refractivity contribution in [3.05, 3.63) is 88.1 Å². The molecule has 2 aromatic carbocycles. The molecule has 2 amide bonds. The monoisotopic (exact) mass is 816 g/mol. The van der Waals surface area contributed by atoms with Crippen LogP contribution in [0.3, 0.4) is 0 Å². The number of nitrogens with one attached hydrogen (secondary N) is 4. The third-order valence-electron chi connectivity index (χ3n) is 12.8. The number of carbonyl (C=O) groups excluding carboxylic acids is 2. The molecule has 0 spiro atoms. The van der Waals surface area contributed by atoms with E-state index in [-0.39, 0.29) is 23.9 Å². The van der Waals surface area contributed by atoms with Crippen molar-refractivity contribution < 1.29 is 23.5 Å². The summed E-state index contributed by atoms with van der Waals surface area (Å²) in [4.78, 5) is 46.5. The number of hydrogen-bond acceptors (Lipinski definition) is 8. The maximum atomic E-state index is 16.8. The molecule has 3 aliphatic heterocycles. The van der Waals surface area contributed by atoms with E-state index >= 15 is 4.39 Å². The van der Waals surface area contributed by atoms with Crippen molar-refractivity contribution in [1.29, 1.82) is 0 Å². The normalized spacial score (nSPS) is 23.0. The fourth-order valence-corrected chi connectivity index (χ4v) is 10.4. The second-order valence-corrected chi connectivity index (χ2v) is 18.3. The molecule has 306 valence electrons. The number of nitrogens with zero attached hydrogens (tertiary/aromatic N) is 4. The highest BCUT2D eigenvalue weighted by atomic mass is 32.1. The van der Waals surface area contributed by atoms with E-state index in [0.717, 1.165) is 51.4 Å². The zero-order valence-electron chi connectivity index (χ0n) is 33.8. The summed E-state index contributed by atoms with van der Waals surface area (Å²) in [7, 11) is 1.28. The number of aromatic amines is 2. The standard InChI is InChI=1S/C45H49FN8O4S/c1-22(2)40(52-45(56)57-5)43(55)53-14-6-7-34(53)42-48-21-32(51-42)27-17-29(46)39-35-18-28-16-26(31-20-47-41(50-31)30-15-23(3)24(4)49-30)10-11-33(28)54(35)44(58-36(39)19-27)38-13-12-37(59-38)25-8-9-25/h10-13,16-25,30,34,40,44,49H,6-9,14-15H2,1-5H3,(H,47,50)(H,48,51)(H,52,56)/t23-,24-,30+,34+,40+,44?/m1/s1. The molecule has 6 atom stereocenters. The SMILES string of the molecule is COC(=O)N[C@H](C(=O)N1CCC[C@H]1c1ncc(-c2cc(F)c3c(c2)OC(c2ccc(C4CC4)s2)n2c-3cc3cc(-c4cnc([C@@H]5C[C@@H](C)[C@@H](C)N5)[nH]4)ccc32)[nH]1)C(C)C. The summed E-state index contributed by atoms with van der Waals surface area (Å²) < 4.78 is 30.6. The number of carbonyl (C=O) groups is 2. The van der Waals surface area contributed by atoms with Crippen molar-refractivity contribution >= 4 is 34.2 Å². The molecule has 7 heterocycles. The van der Waals surface area contributed by atoms with Gasteiger partial charge in [0.25, 0.3) is 0 Å². The van der Waals surface area contributed by atoms with E-state index in [1.807, 2.05) is 26.1 Å². The Hall–Kier alpha value is -5.47. The van der Waals surface area contributed by atoms with Crippen molar-refractivity contribution in [3.63, 3.8) is 0 Å². The zero-order valence-corrected chi connectivity index (χ0v) is 34.7. The second kappa shape index (κ2) is 14.7. The van der Waals surface area contributed by atoms with Crippen LogP contribution in [-0.4, -0.2) is 67.1 Å². The zero-order chi connectivity index (χ0) is 40.7. The molecule has 1 saturated carbocycles. The number of alkyl carbamates (subject to hydrolysis) is 1. The fraction of sp³-hybridized carbons (Fsp3) is 0.422. The first-order chi connectivity index (χ1) is 28.5. The van der Waals surface area contributed by atoms with E-state index in [1.54, 1.807) is 22.4 Å². The third-order valence-corrected chi connectivity index (χ3v) is 14.1. The Morgan fingerprint density at radius 3 is 2.47 bits per heavy atom. The van der Waals surface area contributed by atoms with Crippen LogP contribution >= 0.6 is 11.3 Å². The van der Waals surface area contributed by atoms with E-state index in [2.05, 4.69) is 75.4 Å². The maximum absolute atomic E-state index is 16.8. The number of hydrogen-bond donors (Lipinski definition) is 4. The smallest absolute Gasteiger partial charge is 0.407 e. The number of amides is 2. The number of thiophene rings is 1. The summed E-state index contributed by atoms with van der Waals surface area (Å²) in [6.07, 6.45) is 7.40. The lowest BCUT2D eigenvalue weighted by atomic mass is 10.0. The summed E-state index contributed by atoms with van der Waals surface area (Å²) in [6.45, 7) is 8.80. The van der Waals surface area contributed by atoms with Crippen LogP contribution in [0, 0.1) is 17.7 Å². The Balaban J connectivity index is 0.992. The highest BCUT2D eigenvalue weighted by molar-refractivity contribution is 7.12. The molecule has 14 heteroatoms. The molecule has 4 aliphatic rings. The van der Waals surface area contributed by atoms with E-state index in [4.69, 9.17) is 19.4 Å². The van der Waals surface area contributed by atoms with Gasteiger partial charge in [0.05, 0.1) is 64.6 Å². The molecule has 4 N–H and O–H groups in total. The van der Waals surface area contributed by atoms with E-state index < -0.39 is 24.2 Å². The topological polar surface area (TPSA) is 142 Å². The molecule has 0 radical (unpaired) electrons. The van der Waals surface area contributed by atoms with Crippen molar-refractivity contribution in [1.82, 2.24) is 40.0 Å². The summed E-state index contributed by atoms with van der Waals surface area (Å²) in [5.41, 5.74) is 5.28. The van der Waals surface area contributed by atoms with Gasteiger partial charge in [-0.3, -0.25) is 9.36 Å². The minimum Gasteiger partial charge on any atom is -0.464 e. The molecule has 2 saturated heterocycles. The lowest BCUT2D eigenvalue weighted by Crippen LogP contribution is -2.51. The Bertz CT molecular complexity index is 2580. The minimum absolute atomic E-state index is 0.149. The Labute approximate surface area is 345 Å². The minimum atomic E-state index is -0.742. The molecular weight excluding hydrogens is 768 g/mol. The van der Waals surface area contributed by atoms with Crippen molar-refractivity contribution in [2.45, 2.75) is 96.1 Å². The van der Waals surface area contributed by atoms with Gasteiger partial charge in [-0.25, -0.2) is 19.2 Å². The van der Waals surface area contributed by atoms with E-state index in [0.29, 0.717) is 59.2 Å². The van der Waals surface area contributed by atoms with Gasteiger partial charge in [0.2, 0.25) is 12.1 Å². The first-order valence-electron chi connectivity index (χ1n) is 20.8. The third kappa shape index (κ3) is 6.70. The van der Waals surface area contributed by atoms with Crippen LogP contribution in [0.25, 0.3) is 44.7 Å². The molecule has 59 heavy (non-hydrogen) atoms.